The highest BCUT2D eigenvalue weighted by Crippen LogP contribution is 2.45. The standard InChI is InChI=1S/C30H33BrN2/c31-29-18-16-28(17-19-29)30(24-32,27-14-7-8-15-27)20-9-21-33(22-25-10-3-1-4-11-25)23-26-12-5-2-6-13-26/h1-6,10-13,16-19,27H,7-9,14-15,20-23H2. The van der Waals surface area contributed by atoms with Crippen molar-refractivity contribution in [2.24, 2.45) is 5.92 Å². The Morgan fingerprint density at radius 1 is 0.818 bits per heavy atom. The van der Waals surface area contributed by atoms with Crippen molar-refractivity contribution in [1.29, 1.82) is 5.26 Å². The van der Waals surface area contributed by atoms with Crippen molar-refractivity contribution in [3.05, 3.63) is 106 Å². The van der Waals surface area contributed by atoms with Gasteiger partial charge in [-0.15, -0.1) is 0 Å². The van der Waals surface area contributed by atoms with E-state index in [9.17, 15) is 5.26 Å². The molecule has 0 heterocycles. The molecule has 3 heteroatoms. The number of hydrogen-bond acceptors (Lipinski definition) is 2. The molecule has 1 fully saturated rings. The molecule has 0 saturated heterocycles. The third-order valence-corrected chi connectivity index (χ3v) is 7.68. The van der Waals surface area contributed by atoms with E-state index in [1.54, 1.807) is 0 Å². The van der Waals surface area contributed by atoms with Crippen LogP contribution in [0, 0.1) is 17.2 Å². The fourth-order valence-electron chi connectivity index (χ4n) is 5.44. The van der Waals surface area contributed by atoms with Crippen molar-refractivity contribution in [1.82, 2.24) is 4.90 Å². The lowest BCUT2D eigenvalue weighted by molar-refractivity contribution is 0.231. The van der Waals surface area contributed by atoms with E-state index in [1.807, 2.05) is 0 Å². The summed E-state index contributed by atoms with van der Waals surface area (Å²) in [6.45, 7) is 2.84. The SMILES string of the molecule is N#CC(CCCN(Cc1ccccc1)Cc1ccccc1)(c1ccc(Br)cc1)C1CCCC1. The summed E-state index contributed by atoms with van der Waals surface area (Å²) in [5, 5.41) is 10.5. The second kappa shape index (κ2) is 11.6. The highest BCUT2D eigenvalue weighted by atomic mass is 79.9. The summed E-state index contributed by atoms with van der Waals surface area (Å²) in [6, 6.07) is 32.8. The molecule has 3 aromatic rings. The molecule has 3 aromatic carbocycles. The molecule has 1 saturated carbocycles. The maximum atomic E-state index is 10.5. The van der Waals surface area contributed by atoms with E-state index in [1.165, 1.54) is 42.4 Å². The van der Waals surface area contributed by atoms with Crippen molar-refractivity contribution >= 4 is 15.9 Å². The maximum absolute atomic E-state index is 10.5. The van der Waals surface area contributed by atoms with Crippen molar-refractivity contribution < 1.29 is 0 Å². The minimum Gasteiger partial charge on any atom is -0.295 e. The molecule has 0 N–H and O–H groups in total. The lowest BCUT2D eigenvalue weighted by atomic mass is 9.67. The fourth-order valence-corrected chi connectivity index (χ4v) is 5.70. The van der Waals surface area contributed by atoms with Crippen LogP contribution < -0.4 is 0 Å². The Bertz CT molecular complexity index is 979. The van der Waals surface area contributed by atoms with Gasteiger partial charge < -0.3 is 0 Å². The van der Waals surface area contributed by atoms with Gasteiger partial charge in [0.05, 0.1) is 11.5 Å². The monoisotopic (exact) mass is 500 g/mol. The first kappa shape index (κ1) is 23.7. The van der Waals surface area contributed by atoms with E-state index < -0.39 is 0 Å². The topological polar surface area (TPSA) is 27.0 Å². The molecule has 33 heavy (non-hydrogen) atoms. The Morgan fingerprint density at radius 2 is 1.36 bits per heavy atom. The maximum Gasteiger partial charge on any atom is 0.0850 e. The van der Waals surface area contributed by atoms with Gasteiger partial charge in [0.25, 0.3) is 0 Å². The van der Waals surface area contributed by atoms with Crippen LogP contribution in [0.5, 0.6) is 0 Å². The molecule has 0 bridgehead atoms. The zero-order chi connectivity index (χ0) is 22.9. The molecule has 170 valence electrons. The zero-order valence-corrected chi connectivity index (χ0v) is 20.9. The summed E-state index contributed by atoms with van der Waals surface area (Å²) in [4.78, 5) is 2.53. The first-order chi connectivity index (χ1) is 16.2. The van der Waals surface area contributed by atoms with Gasteiger partial charge in [0.2, 0.25) is 0 Å². The number of halogens is 1. The van der Waals surface area contributed by atoms with Crippen molar-refractivity contribution in [3.8, 4) is 6.07 Å². The smallest absolute Gasteiger partial charge is 0.0850 e. The van der Waals surface area contributed by atoms with E-state index in [-0.39, 0.29) is 5.41 Å². The van der Waals surface area contributed by atoms with Crippen LogP contribution in [0.15, 0.2) is 89.4 Å². The van der Waals surface area contributed by atoms with E-state index in [0.29, 0.717) is 5.92 Å². The van der Waals surface area contributed by atoms with Crippen LogP contribution in [0.1, 0.15) is 55.2 Å². The fraction of sp³-hybridized carbons (Fsp3) is 0.367. The molecular weight excluding hydrogens is 468 g/mol. The Kier molecular flexibility index (Phi) is 8.37. The molecule has 0 aliphatic heterocycles. The number of nitrogens with zero attached hydrogens (tertiary/aromatic N) is 2. The van der Waals surface area contributed by atoms with Gasteiger partial charge in [-0.2, -0.15) is 5.26 Å². The van der Waals surface area contributed by atoms with Crippen molar-refractivity contribution in [3.63, 3.8) is 0 Å². The molecule has 1 aliphatic carbocycles. The van der Waals surface area contributed by atoms with Crippen molar-refractivity contribution in [2.75, 3.05) is 6.54 Å². The highest BCUT2D eigenvalue weighted by Gasteiger charge is 2.41. The second-order valence-corrected chi connectivity index (χ2v) is 10.3. The van der Waals surface area contributed by atoms with E-state index in [2.05, 4.69) is 112 Å². The molecule has 1 unspecified atom stereocenters. The predicted octanol–water partition coefficient (Wildman–Crippen LogP) is 7.88. The van der Waals surface area contributed by atoms with Gasteiger partial charge >= 0.3 is 0 Å². The Balaban J connectivity index is 1.51. The normalized spacial score (nSPS) is 15.9. The minimum atomic E-state index is -0.387. The Labute approximate surface area is 207 Å². The van der Waals surface area contributed by atoms with Gasteiger partial charge in [0.15, 0.2) is 0 Å². The molecule has 4 rings (SSSR count). The summed E-state index contributed by atoms with van der Waals surface area (Å²) in [6.07, 6.45) is 6.76. The van der Waals surface area contributed by atoms with Gasteiger partial charge in [-0.25, -0.2) is 0 Å². The Morgan fingerprint density at radius 3 is 1.88 bits per heavy atom. The summed E-state index contributed by atoms with van der Waals surface area (Å²) in [7, 11) is 0. The van der Waals surface area contributed by atoms with E-state index in [0.717, 1.165) is 36.9 Å². The first-order valence-electron chi connectivity index (χ1n) is 12.2. The number of benzene rings is 3. The molecule has 2 nitrogen and oxygen atoms in total. The van der Waals surface area contributed by atoms with Crippen LogP contribution in [-0.4, -0.2) is 11.4 Å². The summed E-state index contributed by atoms with van der Waals surface area (Å²) in [5.74, 6) is 0.459. The zero-order valence-electron chi connectivity index (χ0n) is 19.3. The molecule has 1 aliphatic rings. The Hall–Kier alpha value is -2.41. The quantitative estimate of drug-likeness (QED) is 0.283. The van der Waals surface area contributed by atoms with Crippen LogP contribution in [0.25, 0.3) is 0 Å². The highest BCUT2D eigenvalue weighted by molar-refractivity contribution is 9.10. The van der Waals surface area contributed by atoms with Crippen LogP contribution in [0.4, 0.5) is 0 Å². The molecule has 0 amide bonds. The van der Waals surface area contributed by atoms with E-state index >= 15 is 0 Å². The molecule has 0 aromatic heterocycles. The van der Waals surface area contributed by atoms with Gasteiger partial charge in [-0.1, -0.05) is 102 Å². The third-order valence-electron chi connectivity index (χ3n) is 7.15. The van der Waals surface area contributed by atoms with Crippen LogP contribution in [-0.2, 0) is 18.5 Å². The van der Waals surface area contributed by atoms with Gasteiger partial charge in [-0.3, -0.25) is 4.90 Å². The number of nitriles is 1. The third kappa shape index (κ3) is 6.14. The van der Waals surface area contributed by atoms with E-state index in [4.69, 9.17) is 0 Å². The second-order valence-electron chi connectivity index (χ2n) is 9.36. The van der Waals surface area contributed by atoms with Crippen LogP contribution in [0.2, 0.25) is 0 Å². The summed E-state index contributed by atoms with van der Waals surface area (Å²) >= 11 is 3.56. The molecule has 0 spiro atoms. The number of rotatable bonds is 10. The summed E-state index contributed by atoms with van der Waals surface area (Å²) < 4.78 is 1.07. The minimum absolute atomic E-state index is 0.387. The average Bonchev–Trinajstić information content (AvgIpc) is 3.39. The lowest BCUT2D eigenvalue weighted by Crippen LogP contribution is -2.34. The van der Waals surface area contributed by atoms with Crippen LogP contribution >= 0.6 is 15.9 Å². The molecule has 0 radical (unpaired) electrons. The predicted molar refractivity (Wildman–Crippen MR) is 140 cm³/mol. The number of hydrogen-bond donors (Lipinski definition) is 0. The summed E-state index contributed by atoms with van der Waals surface area (Å²) in [5.41, 5.74) is 3.48. The first-order valence-corrected chi connectivity index (χ1v) is 13.0. The molecule has 1 atom stereocenters. The van der Waals surface area contributed by atoms with Gasteiger partial charge in [0.1, 0.15) is 0 Å². The van der Waals surface area contributed by atoms with Gasteiger partial charge in [0, 0.05) is 17.6 Å². The molecular formula is C30H33BrN2. The van der Waals surface area contributed by atoms with Crippen LogP contribution in [0.3, 0.4) is 0 Å². The lowest BCUT2D eigenvalue weighted by Gasteiger charge is -2.34. The van der Waals surface area contributed by atoms with Gasteiger partial charge in [-0.05, 0) is 67.0 Å². The van der Waals surface area contributed by atoms with Crippen molar-refractivity contribution in [2.45, 2.75) is 57.0 Å². The largest absolute Gasteiger partial charge is 0.295 e. The average molecular weight is 502 g/mol.